The van der Waals surface area contributed by atoms with Crippen molar-refractivity contribution in [2.24, 2.45) is 5.92 Å². The molecule has 1 heterocycles. The van der Waals surface area contributed by atoms with Crippen LogP contribution in [-0.4, -0.2) is 35.6 Å². The van der Waals surface area contributed by atoms with Gasteiger partial charge in [-0.2, -0.15) is 4.31 Å². The molecular weight excluding hydrogens is 490 g/mol. The van der Waals surface area contributed by atoms with E-state index < -0.39 is 28.0 Å². The highest BCUT2D eigenvalue weighted by atomic mass is 35.5. The Hall–Kier alpha value is -2.32. The van der Waals surface area contributed by atoms with E-state index in [0.717, 1.165) is 21.6 Å². The smallest absolute Gasteiger partial charge is 0.308 e. The molecule has 0 saturated carbocycles. The number of carbonyl (C=O) groups is 1. The van der Waals surface area contributed by atoms with Crippen molar-refractivity contribution in [3.8, 4) is 0 Å². The van der Waals surface area contributed by atoms with Crippen LogP contribution in [-0.2, 0) is 14.8 Å². The van der Waals surface area contributed by atoms with Crippen LogP contribution in [0.4, 0.5) is 0 Å². The molecule has 3 aromatic carbocycles. The van der Waals surface area contributed by atoms with Crippen LogP contribution in [0.1, 0.15) is 29.2 Å². The number of carboxylic acids is 1. The third-order valence-corrected chi connectivity index (χ3v) is 9.65. The van der Waals surface area contributed by atoms with Gasteiger partial charge in [-0.1, -0.05) is 59.1 Å². The Kier molecular flexibility index (Phi) is 7.38. The second-order valence-electron chi connectivity index (χ2n) is 8.60. The lowest BCUT2D eigenvalue weighted by molar-refractivity contribution is -0.143. The standard InChI is InChI=1S/C26H26ClNO4S2/c1-17-3-7-19(8-4-17)24-15-25(33-21-11-5-18(2)6-12-21)23(26(29)30)16-28(24)34(31,32)22-13-9-20(27)10-14-22/h3-14,23-25H,15-16H2,1-2H3,(H,29,30)/t23-,24+,25-/m1/s1. The maximum atomic E-state index is 13.7. The number of carboxylic acid groups (broad SMARTS) is 1. The van der Waals surface area contributed by atoms with Crippen molar-refractivity contribution in [1.29, 1.82) is 0 Å². The summed E-state index contributed by atoms with van der Waals surface area (Å²) in [4.78, 5) is 13.4. The van der Waals surface area contributed by atoms with Crippen LogP contribution in [0.3, 0.4) is 0 Å². The minimum atomic E-state index is -3.95. The molecule has 34 heavy (non-hydrogen) atoms. The first-order chi connectivity index (χ1) is 16.1. The molecule has 0 bridgehead atoms. The van der Waals surface area contributed by atoms with Gasteiger partial charge in [-0.25, -0.2) is 8.42 Å². The monoisotopic (exact) mass is 515 g/mol. The third kappa shape index (κ3) is 5.33. The molecule has 0 amide bonds. The number of hydrogen-bond donors (Lipinski definition) is 1. The molecule has 178 valence electrons. The van der Waals surface area contributed by atoms with Crippen molar-refractivity contribution < 1.29 is 18.3 Å². The first-order valence-corrected chi connectivity index (χ1v) is 13.6. The van der Waals surface area contributed by atoms with E-state index in [0.29, 0.717) is 11.4 Å². The fraction of sp³-hybridized carbons (Fsp3) is 0.269. The average molecular weight is 516 g/mol. The van der Waals surface area contributed by atoms with E-state index >= 15 is 0 Å². The van der Waals surface area contributed by atoms with E-state index in [4.69, 9.17) is 11.6 Å². The summed E-state index contributed by atoms with van der Waals surface area (Å²) in [5, 5.41) is 10.2. The van der Waals surface area contributed by atoms with E-state index in [1.165, 1.54) is 40.3 Å². The van der Waals surface area contributed by atoms with Crippen LogP contribution in [0.25, 0.3) is 0 Å². The summed E-state index contributed by atoms with van der Waals surface area (Å²) in [6.45, 7) is 3.87. The quantitative estimate of drug-likeness (QED) is 0.438. The summed E-state index contributed by atoms with van der Waals surface area (Å²) in [6.07, 6.45) is 0.380. The second kappa shape index (κ2) is 10.1. The van der Waals surface area contributed by atoms with Gasteiger partial charge in [-0.3, -0.25) is 4.79 Å². The van der Waals surface area contributed by atoms with Gasteiger partial charge in [0.1, 0.15) is 0 Å². The summed E-state index contributed by atoms with van der Waals surface area (Å²) in [5.74, 6) is -1.85. The number of piperidine rings is 1. The number of benzene rings is 3. The van der Waals surface area contributed by atoms with Gasteiger partial charge in [-0.05, 0) is 62.2 Å². The largest absolute Gasteiger partial charge is 0.481 e. The van der Waals surface area contributed by atoms with Crippen LogP contribution >= 0.6 is 23.4 Å². The van der Waals surface area contributed by atoms with Crippen LogP contribution in [0.2, 0.25) is 5.02 Å². The molecular formula is C26H26ClNO4S2. The van der Waals surface area contributed by atoms with Crippen molar-refractivity contribution >= 4 is 39.4 Å². The van der Waals surface area contributed by atoms with E-state index in [1.807, 2.05) is 62.4 Å². The van der Waals surface area contributed by atoms with Crippen LogP contribution in [0.15, 0.2) is 82.6 Å². The lowest BCUT2D eigenvalue weighted by Gasteiger charge is -2.41. The third-order valence-electron chi connectivity index (χ3n) is 6.14. The molecule has 1 fully saturated rings. The maximum absolute atomic E-state index is 13.7. The molecule has 3 atom stereocenters. The Morgan fingerprint density at radius 3 is 2.06 bits per heavy atom. The lowest BCUT2D eigenvalue weighted by atomic mass is 9.90. The van der Waals surface area contributed by atoms with Gasteiger partial charge >= 0.3 is 5.97 Å². The van der Waals surface area contributed by atoms with Crippen LogP contribution in [0, 0.1) is 19.8 Å². The predicted octanol–water partition coefficient (Wildman–Crippen LogP) is 5.95. The van der Waals surface area contributed by atoms with Gasteiger partial charge in [-0.15, -0.1) is 11.8 Å². The highest BCUT2D eigenvalue weighted by Gasteiger charge is 2.45. The number of aryl methyl sites for hydroxylation is 2. The molecule has 0 aliphatic carbocycles. The highest BCUT2D eigenvalue weighted by Crippen LogP contribution is 2.44. The van der Waals surface area contributed by atoms with Crippen LogP contribution in [0.5, 0.6) is 0 Å². The number of thioether (sulfide) groups is 1. The van der Waals surface area contributed by atoms with Crippen molar-refractivity contribution in [2.45, 2.75) is 41.4 Å². The summed E-state index contributed by atoms with van der Waals surface area (Å²) in [7, 11) is -3.95. The molecule has 8 heteroatoms. The maximum Gasteiger partial charge on any atom is 0.308 e. The Bertz CT molecular complexity index is 1260. The zero-order valence-corrected chi connectivity index (χ0v) is 21.3. The minimum absolute atomic E-state index is 0.0998. The van der Waals surface area contributed by atoms with Crippen LogP contribution < -0.4 is 0 Å². The van der Waals surface area contributed by atoms with E-state index in [2.05, 4.69) is 0 Å². The number of rotatable bonds is 6. The van der Waals surface area contributed by atoms with Crippen molar-refractivity contribution in [1.82, 2.24) is 4.31 Å². The molecule has 1 aliphatic rings. The van der Waals surface area contributed by atoms with Crippen molar-refractivity contribution in [3.05, 3.63) is 94.5 Å². The average Bonchev–Trinajstić information content (AvgIpc) is 2.81. The minimum Gasteiger partial charge on any atom is -0.481 e. The number of nitrogens with zero attached hydrogens (tertiary/aromatic N) is 1. The molecule has 0 radical (unpaired) electrons. The zero-order valence-electron chi connectivity index (χ0n) is 18.9. The predicted molar refractivity (Wildman–Crippen MR) is 136 cm³/mol. The van der Waals surface area contributed by atoms with Gasteiger partial charge < -0.3 is 5.11 Å². The molecule has 3 aromatic rings. The fourth-order valence-electron chi connectivity index (χ4n) is 4.20. The first kappa shape index (κ1) is 24.8. The Morgan fingerprint density at radius 1 is 0.941 bits per heavy atom. The second-order valence-corrected chi connectivity index (χ2v) is 12.2. The highest BCUT2D eigenvalue weighted by molar-refractivity contribution is 8.00. The van der Waals surface area contributed by atoms with Crippen molar-refractivity contribution in [2.75, 3.05) is 6.54 Å². The molecule has 0 spiro atoms. The van der Waals surface area contributed by atoms with Crippen molar-refractivity contribution in [3.63, 3.8) is 0 Å². The van der Waals surface area contributed by atoms with Gasteiger partial charge in [0.25, 0.3) is 0 Å². The van der Waals surface area contributed by atoms with E-state index in [-0.39, 0.29) is 16.7 Å². The fourth-order valence-corrected chi connectivity index (χ4v) is 7.26. The normalized spacial score (nSPS) is 21.3. The number of halogens is 1. The number of aliphatic carboxylic acids is 1. The van der Waals surface area contributed by atoms with E-state index in [9.17, 15) is 18.3 Å². The molecule has 1 saturated heterocycles. The van der Waals surface area contributed by atoms with Gasteiger partial charge in [0.15, 0.2) is 0 Å². The molecule has 0 unspecified atom stereocenters. The van der Waals surface area contributed by atoms with Gasteiger partial charge in [0.05, 0.1) is 16.9 Å². The molecule has 5 nitrogen and oxygen atoms in total. The molecule has 1 aliphatic heterocycles. The Labute approximate surface area is 209 Å². The molecule has 1 N–H and O–H groups in total. The lowest BCUT2D eigenvalue weighted by Crippen LogP contribution is -2.49. The Balaban J connectivity index is 1.75. The molecule has 4 rings (SSSR count). The topological polar surface area (TPSA) is 74.7 Å². The SMILES string of the molecule is Cc1ccc(S[C@@H]2C[C@@H](c3ccc(C)cc3)N(S(=O)(=O)c3ccc(Cl)cc3)C[C@H]2C(=O)O)cc1. The number of hydrogen-bond acceptors (Lipinski definition) is 4. The zero-order chi connectivity index (χ0) is 24.5. The van der Waals surface area contributed by atoms with Gasteiger partial charge in [0.2, 0.25) is 10.0 Å². The van der Waals surface area contributed by atoms with Gasteiger partial charge in [0, 0.05) is 21.7 Å². The molecule has 0 aromatic heterocycles. The number of sulfonamides is 1. The van der Waals surface area contributed by atoms with E-state index in [1.54, 1.807) is 0 Å². The summed E-state index contributed by atoms with van der Waals surface area (Å²) < 4.78 is 28.8. The summed E-state index contributed by atoms with van der Waals surface area (Å²) >= 11 is 7.47. The first-order valence-electron chi connectivity index (χ1n) is 11.0. The Morgan fingerprint density at radius 2 is 1.50 bits per heavy atom. The summed E-state index contributed by atoms with van der Waals surface area (Å²) in [6, 6.07) is 21.2. The summed E-state index contributed by atoms with van der Waals surface area (Å²) in [5.41, 5.74) is 3.04.